The first kappa shape index (κ1) is 17.5. The number of aliphatic hydroxyl groups is 1. The minimum Gasteiger partial charge on any atom is -0.396 e. The summed E-state index contributed by atoms with van der Waals surface area (Å²) in [5.41, 5.74) is 0. The second kappa shape index (κ2) is 16.5. The van der Waals surface area contributed by atoms with E-state index in [1.165, 1.54) is 64.2 Å². The van der Waals surface area contributed by atoms with Crippen molar-refractivity contribution < 1.29 is 5.11 Å². The molecule has 0 fully saturated rings. The zero-order valence-electron chi connectivity index (χ0n) is 12.3. The molecular weight excluding hydrogens is 220 g/mol. The molecule has 0 aliphatic rings. The summed E-state index contributed by atoms with van der Waals surface area (Å²) < 4.78 is 0. The fourth-order valence-electron chi connectivity index (χ4n) is 2.13. The average molecular weight is 252 g/mol. The zero-order chi connectivity index (χ0) is 13.3. The Morgan fingerprint density at radius 2 is 1.06 bits per heavy atom. The molecule has 0 atom stereocenters. The maximum Gasteiger partial charge on any atom is 0.0431 e. The summed E-state index contributed by atoms with van der Waals surface area (Å²) in [5, 5.41) is 8.65. The van der Waals surface area contributed by atoms with Crippen LogP contribution in [0.4, 0.5) is 0 Å². The summed E-state index contributed by atoms with van der Waals surface area (Å²) in [5.74, 6) is 6.33. The summed E-state index contributed by atoms with van der Waals surface area (Å²) in [6.45, 7) is 2.47. The normalized spacial score (nSPS) is 10.1. The molecule has 0 spiro atoms. The number of unbranched alkanes of at least 4 members (excludes halogenated alkanes) is 11. The van der Waals surface area contributed by atoms with Crippen molar-refractivity contribution in [1.82, 2.24) is 0 Å². The van der Waals surface area contributed by atoms with Crippen LogP contribution in [0.3, 0.4) is 0 Å². The molecule has 0 amide bonds. The van der Waals surface area contributed by atoms with E-state index in [-0.39, 0.29) is 0 Å². The molecule has 0 aromatic carbocycles. The molecule has 0 saturated carbocycles. The number of rotatable bonds is 12. The van der Waals surface area contributed by atoms with Gasteiger partial charge in [0.25, 0.3) is 0 Å². The lowest BCUT2D eigenvalue weighted by Crippen LogP contribution is -1.84. The van der Waals surface area contributed by atoms with Gasteiger partial charge in [0, 0.05) is 19.4 Å². The van der Waals surface area contributed by atoms with Crippen LogP contribution in [0.2, 0.25) is 0 Å². The largest absolute Gasteiger partial charge is 0.396 e. The lowest BCUT2D eigenvalue weighted by Gasteiger charge is -2.01. The van der Waals surface area contributed by atoms with Crippen LogP contribution in [0.25, 0.3) is 0 Å². The highest BCUT2D eigenvalue weighted by atomic mass is 16.2. The molecule has 0 unspecified atom stereocenters. The molecule has 0 saturated heterocycles. The molecule has 0 aromatic rings. The molecule has 0 aromatic heterocycles. The van der Waals surface area contributed by atoms with Gasteiger partial charge in [-0.15, -0.1) is 11.8 Å². The van der Waals surface area contributed by atoms with Gasteiger partial charge in [0.15, 0.2) is 0 Å². The summed E-state index contributed by atoms with van der Waals surface area (Å²) >= 11 is 0. The van der Waals surface area contributed by atoms with Crippen molar-refractivity contribution in [3.63, 3.8) is 0 Å². The Balaban J connectivity index is 2.94. The first-order chi connectivity index (χ1) is 8.91. The van der Waals surface area contributed by atoms with E-state index in [1.807, 2.05) is 0 Å². The minimum atomic E-state index is 0.364. The highest BCUT2D eigenvalue weighted by molar-refractivity contribution is 4.97. The highest BCUT2D eigenvalue weighted by Crippen LogP contribution is 2.11. The van der Waals surface area contributed by atoms with Crippen LogP contribution >= 0.6 is 0 Å². The van der Waals surface area contributed by atoms with Crippen LogP contribution in [0.15, 0.2) is 0 Å². The topological polar surface area (TPSA) is 20.2 Å². The van der Waals surface area contributed by atoms with Crippen molar-refractivity contribution in [2.45, 2.75) is 90.4 Å². The second-order valence-electron chi connectivity index (χ2n) is 5.07. The van der Waals surface area contributed by atoms with Crippen molar-refractivity contribution in [3.8, 4) is 11.8 Å². The van der Waals surface area contributed by atoms with Gasteiger partial charge in [-0.1, -0.05) is 64.7 Å². The van der Waals surface area contributed by atoms with E-state index in [1.54, 1.807) is 0 Å². The standard InChI is InChI=1S/C17H32O/c1-2-3-4-5-6-7-8-9-10-11-12-13-14-15-16-17-18/h18H,2,5-17H2,1H3. The minimum absolute atomic E-state index is 0.364. The van der Waals surface area contributed by atoms with Gasteiger partial charge in [-0.2, -0.15) is 0 Å². The van der Waals surface area contributed by atoms with Gasteiger partial charge >= 0.3 is 0 Å². The Kier molecular flexibility index (Phi) is 16.1. The van der Waals surface area contributed by atoms with Gasteiger partial charge in [0.2, 0.25) is 0 Å². The van der Waals surface area contributed by atoms with Gasteiger partial charge in [-0.3, -0.25) is 0 Å². The fourth-order valence-corrected chi connectivity index (χ4v) is 2.13. The number of aliphatic hydroxyl groups excluding tert-OH is 1. The zero-order valence-corrected chi connectivity index (χ0v) is 12.3. The van der Waals surface area contributed by atoms with Gasteiger partial charge < -0.3 is 5.11 Å². The molecular formula is C17H32O. The smallest absolute Gasteiger partial charge is 0.0431 e. The first-order valence-electron chi connectivity index (χ1n) is 7.98. The van der Waals surface area contributed by atoms with E-state index in [0.29, 0.717) is 6.61 Å². The third-order valence-corrected chi connectivity index (χ3v) is 3.26. The maximum absolute atomic E-state index is 8.65. The lowest BCUT2D eigenvalue weighted by atomic mass is 10.1. The van der Waals surface area contributed by atoms with Gasteiger partial charge in [-0.25, -0.2) is 0 Å². The number of hydrogen-bond acceptors (Lipinski definition) is 1. The third-order valence-electron chi connectivity index (χ3n) is 3.26. The van der Waals surface area contributed by atoms with Crippen molar-refractivity contribution in [2.24, 2.45) is 0 Å². The van der Waals surface area contributed by atoms with Crippen LogP contribution < -0.4 is 0 Å². The molecule has 18 heavy (non-hydrogen) atoms. The molecule has 0 rings (SSSR count). The van der Waals surface area contributed by atoms with Gasteiger partial charge in [0.1, 0.15) is 0 Å². The molecule has 0 aliphatic carbocycles. The van der Waals surface area contributed by atoms with Crippen molar-refractivity contribution in [1.29, 1.82) is 0 Å². The Labute approximate surface area is 114 Å². The Morgan fingerprint density at radius 1 is 0.611 bits per heavy atom. The van der Waals surface area contributed by atoms with Crippen LogP contribution in [0.1, 0.15) is 90.4 Å². The van der Waals surface area contributed by atoms with E-state index in [0.717, 1.165) is 19.3 Å². The summed E-state index contributed by atoms with van der Waals surface area (Å²) in [6.07, 6.45) is 16.6. The van der Waals surface area contributed by atoms with Gasteiger partial charge in [0.05, 0.1) is 0 Å². The number of hydrogen-bond donors (Lipinski definition) is 1. The quantitative estimate of drug-likeness (QED) is 0.379. The molecule has 0 heterocycles. The summed E-state index contributed by atoms with van der Waals surface area (Å²) in [7, 11) is 0. The van der Waals surface area contributed by atoms with E-state index in [2.05, 4.69) is 18.8 Å². The van der Waals surface area contributed by atoms with Crippen LogP contribution in [0.5, 0.6) is 0 Å². The van der Waals surface area contributed by atoms with Crippen molar-refractivity contribution >= 4 is 0 Å². The van der Waals surface area contributed by atoms with E-state index < -0.39 is 0 Å². The maximum atomic E-state index is 8.65. The van der Waals surface area contributed by atoms with Crippen LogP contribution in [0, 0.1) is 11.8 Å². The van der Waals surface area contributed by atoms with Crippen LogP contribution in [-0.4, -0.2) is 11.7 Å². The average Bonchev–Trinajstić information content (AvgIpc) is 2.39. The van der Waals surface area contributed by atoms with E-state index in [9.17, 15) is 0 Å². The molecule has 0 bridgehead atoms. The molecule has 1 heteroatoms. The van der Waals surface area contributed by atoms with E-state index >= 15 is 0 Å². The Bertz CT molecular complexity index is 199. The molecule has 0 radical (unpaired) electrons. The first-order valence-corrected chi connectivity index (χ1v) is 7.98. The highest BCUT2D eigenvalue weighted by Gasteiger charge is 1.92. The van der Waals surface area contributed by atoms with Crippen molar-refractivity contribution in [2.75, 3.05) is 6.61 Å². The lowest BCUT2D eigenvalue weighted by molar-refractivity contribution is 0.282. The Hall–Kier alpha value is -0.480. The van der Waals surface area contributed by atoms with Gasteiger partial charge in [-0.05, 0) is 12.8 Å². The molecule has 1 N–H and O–H groups in total. The predicted molar refractivity (Wildman–Crippen MR) is 80.6 cm³/mol. The van der Waals surface area contributed by atoms with Crippen molar-refractivity contribution in [3.05, 3.63) is 0 Å². The monoisotopic (exact) mass is 252 g/mol. The summed E-state index contributed by atoms with van der Waals surface area (Å²) in [4.78, 5) is 0. The van der Waals surface area contributed by atoms with Crippen LogP contribution in [-0.2, 0) is 0 Å². The molecule has 0 aliphatic heterocycles. The molecule has 1 nitrogen and oxygen atoms in total. The Morgan fingerprint density at radius 3 is 1.50 bits per heavy atom. The fraction of sp³-hybridized carbons (Fsp3) is 0.882. The summed E-state index contributed by atoms with van der Waals surface area (Å²) in [6, 6.07) is 0. The molecule has 106 valence electrons. The third kappa shape index (κ3) is 15.5. The second-order valence-corrected chi connectivity index (χ2v) is 5.07. The SMILES string of the molecule is CCC#CCCCCCCCCCCCCCO. The predicted octanol–water partition coefficient (Wildman–Crippen LogP) is 5.07. The van der Waals surface area contributed by atoms with E-state index in [4.69, 9.17) is 5.11 Å².